The third kappa shape index (κ3) is 1.98. The summed E-state index contributed by atoms with van der Waals surface area (Å²) in [6.07, 6.45) is 4.00. The second kappa shape index (κ2) is 4.47. The molecule has 1 aromatic carbocycles. The van der Waals surface area contributed by atoms with E-state index in [-0.39, 0.29) is 12.5 Å². The van der Waals surface area contributed by atoms with Crippen molar-refractivity contribution in [2.75, 3.05) is 18.5 Å². The van der Waals surface area contributed by atoms with E-state index in [4.69, 9.17) is 0 Å². The summed E-state index contributed by atoms with van der Waals surface area (Å²) in [4.78, 5) is 17.4. The van der Waals surface area contributed by atoms with Gasteiger partial charge in [-0.15, -0.1) is 0 Å². The zero-order chi connectivity index (χ0) is 11.5. The lowest BCUT2D eigenvalue weighted by Crippen LogP contribution is -2.27. The number of aliphatic imine (C=N–C) groups is 1. The fraction of sp³-hybridized carbons (Fsp3) is 0.385. The van der Waals surface area contributed by atoms with Crippen molar-refractivity contribution >= 4 is 17.8 Å². The number of carbonyl (C=O) groups excluding carboxylic acids is 1. The number of aryl methyl sites for hydroxylation is 1. The molecule has 3 nitrogen and oxygen atoms in total. The van der Waals surface area contributed by atoms with E-state index in [9.17, 15) is 4.79 Å². The molecule has 0 unspecified atom stereocenters. The molecule has 16 heavy (non-hydrogen) atoms. The number of rotatable bonds is 2. The van der Waals surface area contributed by atoms with E-state index in [1.54, 1.807) is 18.2 Å². The first-order valence-electron chi connectivity index (χ1n) is 5.61. The number of hydrogen-bond acceptors (Lipinski definition) is 2. The van der Waals surface area contributed by atoms with Crippen molar-refractivity contribution in [3.05, 3.63) is 29.3 Å². The number of carbonyl (C=O) groups is 1. The topological polar surface area (TPSA) is 32.7 Å². The summed E-state index contributed by atoms with van der Waals surface area (Å²) in [5.41, 5.74) is 3.29. The minimum Gasteiger partial charge on any atom is -0.313 e. The predicted octanol–water partition coefficient (Wildman–Crippen LogP) is 2.03. The van der Waals surface area contributed by atoms with E-state index in [0.717, 1.165) is 24.1 Å². The largest absolute Gasteiger partial charge is 0.313 e. The van der Waals surface area contributed by atoms with Gasteiger partial charge in [0.2, 0.25) is 5.91 Å². The third-order valence-electron chi connectivity index (χ3n) is 2.82. The second-order valence-corrected chi connectivity index (χ2v) is 4.07. The van der Waals surface area contributed by atoms with Gasteiger partial charge in [0.15, 0.2) is 0 Å². The van der Waals surface area contributed by atoms with Crippen molar-refractivity contribution in [3.8, 4) is 0 Å². The Balaban J connectivity index is 2.42. The first-order valence-corrected chi connectivity index (χ1v) is 5.61. The summed E-state index contributed by atoms with van der Waals surface area (Å²) in [6.45, 7) is 2.41. The van der Waals surface area contributed by atoms with Crippen LogP contribution in [0.25, 0.3) is 0 Å². The molecule has 0 N–H and O–H groups in total. The van der Waals surface area contributed by atoms with Crippen LogP contribution in [0.4, 0.5) is 5.69 Å². The van der Waals surface area contributed by atoms with Gasteiger partial charge in [0.05, 0.1) is 5.69 Å². The van der Waals surface area contributed by atoms with Gasteiger partial charge in [-0.25, -0.2) is 0 Å². The van der Waals surface area contributed by atoms with Crippen molar-refractivity contribution in [1.82, 2.24) is 0 Å². The van der Waals surface area contributed by atoms with E-state index < -0.39 is 0 Å². The summed E-state index contributed by atoms with van der Waals surface area (Å²) in [7, 11) is 1.80. The highest BCUT2D eigenvalue weighted by Gasteiger charge is 2.16. The van der Waals surface area contributed by atoms with Crippen LogP contribution >= 0.6 is 0 Å². The molecule has 2 rings (SSSR count). The van der Waals surface area contributed by atoms with Crippen LogP contribution in [-0.4, -0.2) is 25.7 Å². The van der Waals surface area contributed by atoms with Crippen LogP contribution in [0.3, 0.4) is 0 Å². The SMILES string of the molecule is CCCc1ccc2c(c1)C=NCC(=O)N2C. The minimum absolute atomic E-state index is 0.0400. The first-order chi connectivity index (χ1) is 7.72. The van der Waals surface area contributed by atoms with Crippen LogP contribution in [0, 0.1) is 0 Å². The van der Waals surface area contributed by atoms with E-state index in [1.807, 2.05) is 6.07 Å². The molecule has 0 aromatic heterocycles. The molecule has 1 aliphatic rings. The Morgan fingerprint density at radius 3 is 3.00 bits per heavy atom. The lowest BCUT2D eigenvalue weighted by molar-refractivity contribution is -0.116. The Kier molecular flexibility index (Phi) is 3.04. The second-order valence-electron chi connectivity index (χ2n) is 4.07. The first kappa shape index (κ1) is 10.9. The molecule has 0 fully saturated rings. The summed E-state index contributed by atoms with van der Waals surface area (Å²) >= 11 is 0. The molecule has 3 heteroatoms. The smallest absolute Gasteiger partial charge is 0.248 e. The van der Waals surface area contributed by atoms with Gasteiger partial charge in [-0.2, -0.15) is 0 Å². The van der Waals surface area contributed by atoms with Crippen molar-refractivity contribution in [1.29, 1.82) is 0 Å². The maximum atomic E-state index is 11.6. The fourth-order valence-corrected chi connectivity index (χ4v) is 1.92. The standard InChI is InChI=1S/C13H16N2O/c1-3-4-10-5-6-12-11(7-10)8-14-9-13(16)15(12)2/h5-8H,3-4,9H2,1-2H3. The predicted molar refractivity (Wildman–Crippen MR) is 66.3 cm³/mol. The third-order valence-corrected chi connectivity index (χ3v) is 2.82. The van der Waals surface area contributed by atoms with Gasteiger partial charge in [0.1, 0.15) is 6.54 Å². The van der Waals surface area contributed by atoms with Crippen LogP contribution in [-0.2, 0) is 11.2 Å². The van der Waals surface area contributed by atoms with E-state index in [0.29, 0.717) is 0 Å². The van der Waals surface area contributed by atoms with Gasteiger partial charge in [-0.1, -0.05) is 19.4 Å². The molecule has 0 saturated carbocycles. The Morgan fingerprint density at radius 1 is 1.44 bits per heavy atom. The molecule has 0 radical (unpaired) electrons. The minimum atomic E-state index is 0.0400. The molecule has 0 atom stereocenters. The highest BCUT2D eigenvalue weighted by Crippen LogP contribution is 2.22. The van der Waals surface area contributed by atoms with E-state index in [2.05, 4.69) is 24.0 Å². The molecule has 0 saturated heterocycles. The van der Waals surface area contributed by atoms with Gasteiger partial charge in [0.25, 0.3) is 0 Å². The van der Waals surface area contributed by atoms with Gasteiger partial charge in [0, 0.05) is 18.8 Å². The van der Waals surface area contributed by atoms with Crippen LogP contribution in [0.2, 0.25) is 0 Å². The van der Waals surface area contributed by atoms with Crippen molar-refractivity contribution in [2.45, 2.75) is 19.8 Å². The quantitative estimate of drug-likeness (QED) is 0.744. The van der Waals surface area contributed by atoms with Crippen molar-refractivity contribution in [3.63, 3.8) is 0 Å². The number of fused-ring (bicyclic) bond motifs is 1. The molecular formula is C13H16N2O. The Labute approximate surface area is 95.8 Å². The lowest BCUT2D eigenvalue weighted by atomic mass is 10.1. The zero-order valence-corrected chi connectivity index (χ0v) is 9.73. The molecule has 1 aliphatic heterocycles. The monoisotopic (exact) mass is 216 g/mol. The van der Waals surface area contributed by atoms with Crippen molar-refractivity contribution < 1.29 is 4.79 Å². The average molecular weight is 216 g/mol. The van der Waals surface area contributed by atoms with E-state index >= 15 is 0 Å². The number of hydrogen-bond donors (Lipinski definition) is 0. The molecule has 0 spiro atoms. The Morgan fingerprint density at radius 2 is 2.25 bits per heavy atom. The Bertz CT molecular complexity index is 438. The molecule has 1 amide bonds. The number of benzene rings is 1. The number of anilines is 1. The average Bonchev–Trinajstić information content (AvgIpc) is 2.41. The number of amides is 1. The number of likely N-dealkylation sites (N-methyl/N-ethyl adjacent to an activating group) is 1. The Hall–Kier alpha value is -1.64. The zero-order valence-electron chi connectivity index (χ0n) is 9.73. The summed E-state index contributed by atoms with van der Waals surface area (Å²) in [6, 6.07) is 6.22. The van der Waals surface area contributed by atoms with Gasteiger partial charge < -0.3 is 4.90 Å². The number of nitrogens with zero attached hydrogens (tertiary/aromatic N) is 2. The molecule has 0 bridgehead atoms. The van der Waals surface area contributed by atoms with Crippen LogP contribution in [0.15, 0.2) is 23.2 Å². The maximum Gasteiger partial charge on any atom is 0.248 e. The summed E-state index contributed by atoms with van der Waals surface area (Å²) in [5.74, 6) is 0.0400. The molecular weight excluding hydrogens is 200 g/mol. The molecule has 1 aromatic rings. The van der Waals surface area contributed by atoms with E-state index in [1.165, 1.54) is 5.56 Å². The fourth-order valence-electron chi connectivity index (χ4n) is 1.92. The van der Waals surface area contributed by atoms with Crippen LogP contribution in [0.5, 0.6) is 0 Å². The summed E-state index contributed by atoms with van der Waals surface area (Å²) in [5, 5.41) is 0. The van der Waals surface area contributed by atoms with Crippen LogP contribution < -0.4 is 4.90 Å². The molecule has 0 aliphatic carbocycles. The highest BCUT2D eigenvalue weighted by molar-refractivity contribution is 6.03. The van der Waals surface area contributed by atoms with Gasteiger partial charge in [-0.05, 0) is 24.1 Å². The van der Waals surface area contributed by atoms with Crippen molar-refractivity contribution in [2.24, 2.45) is 4.99 Å². The number of benzodiazepines with no additional fused rings is 1. The highest BCUT2D eigenvalue weighted by atomic mass is 16.2. The lowest BCUT2D eigenvalue weighted by Gasteiger charge is -2.17. The van der Waals surface area contributed by atoms with Crippen LogP contribution in [0.1, 0.15) is 24.5 Å². The molecule has 1 heterocycles. The normalized spacial score (nSPS) is 14.9. The summed E-state index contributed by atoms with van der Waals surface area (Å²) < 4.78 is 0. The van der Waals surface area contributed by atoms with Gasteiger partial charge in [-0.3, -0.25) is 9.79 Å². The maximum absolute atomic E-state index is 11.6. The van der Waals surface area contributed by atoms with Gasteiger partial charge >= 0.3 is 0 Å². The molecule has 84 valence electrons.